The first kappa shape index (κ1) is 23.1. The van der Waals surface area contributed by atoms with Gasteiger partial charge in [0, 0.05) is 10.6 Å². The van der Waals surface area contributed by atoms with Crippen molar-refractivity contribution in [3.05, 3.63) is 69.8 Å². The Hall–Kier alpha value is -3.58. The molecular weight excluding hydrogens is 435 g/mol. The van der Waals surface area contributed by atoms with Gasteiger partial charge in [-0.2, -0.15) is 0 Å². The van der Waals surface area contributed by atoms with Crippen LogP contribution < -0.4 is 9.47 Å². The molecule has 0 amide bonds. The van der Waals surface area contributed by atoms with Gasteiger partial charge in [0.1, 0.15) is 23.5 Å². The Balaban J connectivity index is 1.97. The van der Waals surface area contributed by atoms with Gasteiger partial charge in [0.25, 0.3) is 0 Å². The molecule has 1 aromatic heterocycles. The molecule has 0 unspecified atom stereocenters. The second-order valence-electron chi connectivity index (χ2n) is 6.60. The summed E-state index contributed by atoms with van der Waals surface area (Å²) in [6.07, 6.45) is 5.26. The molecule has 0 aliphatic carbocycles. The highest BCUT2D eigenvalue weighted by molar-refractivity contribution is 7.99. The van der Waals surface area contributed by atoms with Gasteiger partial charge in [-0.15, -0.1) is 16.6 Å². The zero-order valence-electron chi connectivity index (χ0n) is 17.5. The maximum atomic E-state index is 13.4. The summed E-state index contributed by atoms with van der Waals surface area (Å²) in [5.74, 6) is 3.52. The van der Waals surface area contributed by atoms with Crippen LogP contribution in [0.4, 0.5) is 4.39 Å². The van der Waals surface area contributed by atoms with Gasteiger partial charge in [-0.05, 0) is 55.8 Å². The van der Waals surface area contributed by atoms with Crippen LogP contribution in [0, 0.1) is 35.2 Å². The Morgan fingerprint density at radius 2 is 1.97 bits per heavy atom. The summed E-state index contributed by atoms with van der Waals surface area (Å²) in [4.78, 5) is 11.0. The van der Waals surface area contributed by atoms with Crippen LogP contribution >= 0.6 is 11.8 Å². The Morgan fingerprint density at radius 3 is 2.62 bits per heavy atom. The Bertz CT molecular complexity index is 1130. The number of hydrogen-bond donors (Lipinski definition) is 0. The molecule has 0 N–H and O–H groups in total. The maximum Gasteiger partial charge on any atom is 0.220 e. The van der Waals surface area contributed by atoms with Crippen molar-refractivity contribution in [3.63, 3.8) is 0 Å². The van der Waals surface area contributed by atoms with Crippen LogP contribution in [0.1, 0.15) is 23.6 Å². The fraction of sp³-hybridized carbons (Fsp3) is 0.273. The lowest BCUT2D eigenvalue weighted by Crippen LogP contribution is -2.11. The van der Waals surface area contributed by atoms with Gasteiger partial charge < -0.3 is 9.47 Å². The van der Waals surface area contributed by atoms with E-state index in [2.05, 4.69) is 16.1 Å². The van der Waals surface area contributed by atoms with Crippen LogP contribution in [0.3, 0.4) is 0 Å². The van der Waals surface area contributed by atoms with Crippen molar-refractivity contribution in [1.29, 1.82) is 0 Å². The molecule has 0 bridgehead atoms. The van der Waals surface area contributed by atoms with E-state index in [1.807, 2.05) is 6.92 Å². The molecule has 0 aliphatic heterocycles. The fourth-order valence-corrected chi connectivity index (χ4v) is 4.18. The number of nitrogens with zero attached hydrogens (tertiary/aromatic N) is 4. The topological polar surface area (TPSA) is 92.3 Å². The predicted molar refractivity (Wildman–Crippen MR) is 118 cm³/mol. The third-order valence-corrected chi connectivity index (χ3v) is 5.57. The number of thioether (sulfide) groups is 1. The summed E-state index contributed by atoms with van der Waals surface area (Å²) in [6.45, 7) is 3.70. The highest BCUT2D eigenvalue weighted by Crippen LogP contribution is 2.39. The summed E-state index contributed by atoms with van der Waals surface area (Å²) in [7, 11) is 0. The molecule has 2 aromatic carbocycles. The summed E-state index contributed by atoms with van der Waals surface area (Å²) in [5, 5.41) is 19.6. The van der Waals surface area contributed by atoms with E-state index >= 15 is 0 Å². The smallest absolute Gasteiger partial charge is 0.220 e. The Morgan fingerprint density at radius 1 is 1.22 bits per heavy atom. The average Bonchev–Trinajstić information content (AvgIpc) is 3.13. The zero-order chi connectivity index (χ0) is 23.1. The second kappa shape index (κ2) is 10.6. The van der Waals surface area contributed by atoms with Crippen molar-refractivity contribution in [1.82, 2.24) is 14.8 Å². The Kier molecular flexibility index (Phi) is 7.68. The number of rotatable bonds is 10. The van der Waals surface area contributed by atoms with Crippen LogP contribution in [-0.4, -0.2) is 39.4 Å². The molecule has 166 valence electrons. The van der Waals surface area contributed by atoms with Gasteiger partial charge >= 0.3 is 0 Å². The quantitative estimate of drug-likeness (QED) is 0.195. The normalized spacial score (nSPS) is 11.6. The van der Waals surface area contributed by atoms with Gasteiger partial charge in [-0.1, -0.05) is 23.7 Å². The Labute approximate surface area is 188 Å². The van der Waals surface area contributed by atoms with E-state index in [1.54, 1.807) is 41.8 Å². The second-order valence-corrected chi connectivity index (χ2v) is 7.77. The van der Waals surface area contributed by atoms with Crippen molar-refractivity contribution >= 4 is 11.8 Å². The number of halogens is 1. The van der Waals surface area contributed by atoms with Crippen LogP contribution in [0.2, 0.25) is 0 Å². The number of nitro groups is 1. The van der Waals surface area contributed by atoms with Crippen LogP contribution in [0.15, 0.2) is 47.6 Å². The molecule has 3 rings (SSSR count). The number of aromatic nitrogens is 3. The summed E-state index contributed by atoms with van der Waals surface area (Å²) in [5.41, 5.74) is 1.32. The molecule has 1 heterocycles. The number of terminal acetylenes is 1. The third kappa shape index (κ3) is 5.56. The van der Waals surface area contributed by atoms with Crippen molar-refractivity contribution in [2.24, 2.45) is 0 Å². The van der Waals surface area contributed by atoms with Crippen LogP contribution in [-0.2, 0) is 0 Å². The van der Waals surface area contributed by atoms with Gasteiger partial charge in [0.05, 0.1) is 6.61 Å². The maximum absolute atomic E-state index is 13.4. The van der Waals surface area contributed by atoms with E-state index in [1.165, 1.54) is 23.9 Å². The number of hydrogen-bond acceptors (Lipinski definition) is 7. The van der Waals surface area contributed by atoms with Gasteiger partial charge in [-0.25, -0.2) is 4.39 Å². The highest BCUT2D eigenvalue weighted by atomic mass is 32.2. The van der Waals surface area contributed by atoms with E-state index in [0.717, 1.165) is 0 Å². The van der Waals surface area contributed by atoms with Gasteiger partial charge in [0.15, 0.2) is 16.7 Å². The largest absolute Gasteiger partial charge is 0.490 e. The first-order valence-electron chi connectivity index (χ1n) is 9.72. The standard InChI is InChI=1S/C22H21FN4O4S/c1-4-12-31-19-11-6-16(13-20(19)30-5-2)21(14-26(28)29)32-22-25-24-15(3)27(22)18-9-7-17(23)8-10-18/h1,6-11,13,21H,5,12,14H2,2-3H3/t21-/m1/s1. The van der Waals surface area contributed by atoms with Crippen LogP contribution in [0.5, 0.6) is 11.5 Å². The van der Waals surface area contributed by atoms with E-state index in [4.69, 9.17) is 15.9 Å². The molecule has 0 fully saturated rings. The molecule has 0 spiro atoms. The number of benzene rings is 2. The molecular formula is C22H21FN4O4S. The summed E-state index contributed by atoms with van der Waals surface area (Å²) >= 11 is 1.19. The molecule has 0 saturated carbocycles. The van der Waals surface area contributed by atoms with Gasteiger partial charge in [-0.3, -0.25) is 14.7 Å². The molecule has 1 atom stereocenters. The molecule has 0 aliphatic rings. The minimum absolute atomic E-state index is 0.0759. The summed E-state index contributed by atoms with van der Waals surface area (Å²) < 4.78 is 26.2. The lowest BCUT2D eigenvalue weighted by molar-refractivity contribution is -0.479. The molecule has 0 saturated heterocycles. The molecule has 3 aromatic rings. The zero-order valence-corrected chi connectivity index (χ0v) is 18.3. The van der Waals surface area contributed by atoms with E-state index in [9.17, 15) is 14.5 Å². The SMILES string of the molecule is C#CCOc1ccc([C@@H](C[N+](=O)[O-])Sc2nnc(C)n2-c2ccc(F)cc2)cc1OCC. The van der Waals surface area contributed by atoms with Crippen LogP contribution in [0.25, 0.3) is 5.69 Å². The molecule has 10 heteroatoms. The van der Waals surface area contributed by atoms with E-state index in [0.29, 0.717) is 40.3 Å². The van der Waals surface area contributed by atoms with Crippen molar-refractivity contribution in [3.8, 4) is 29.5 Å². The lowest BCUT2D eigenvalue weighted by Gasteiger charge is -2.17. The minimum Gasteiger partial charge on any atom is -0.490 e. The fourth-order valence-electron chi connectivity index (χ4n) is 3.01. The first-order valence-corrected chi connectivity index (χ1v) is 10.6. The monoisotopic (exact) mass is 456 g/mol. The molecule has 8 nitrogen and oxygen atoms in total. The first-order chi connectivity index (χ1) is 15.4. The third-order valence-electron chi connectivity index (χ3n) is 4.39. The number of ether oxygens (including phenoxy) is 2. The lowest BCUT2D eigenvalue weighted by atomic mass is 10.1. The van der Waals surface area contributed by atoms with Crippen molar-refractivity contribution < 1.29 is 18.8 Å². The predicted octanol–water partition coefficient (Wildman–Crippen LogP) is 4.24. The summed E-state index contributed by atoms with van der Waals surface area (Å²) in [6, 6.07) is 11.0. The molecule has 0 radical (unpaired) electrons. The minimum atomic E-state index is -0.589. The van der Waals surface area contributed by atoms with Crippen molar-refractivity contribution in [2.45, 2.75) is 24.3 Å². The van der Waals surface area contributed by atoms with Crippen molar-refractivity contribution in [2.75, 3.05) is 19.8 Å². The highest BCUT2D eigenvalue weighted by Gasteiger charge is 2.25. The van der Waals surface area contributed by atoms with E-state index in [-0.39, 0.29) is 23.9 Å². The number of aryl methyl sites for hydroxylation is 1. The van der Waals surface area contributed by atoms with E-state index < -0.39 is 5.25 Å². The molecule has 32 heavy (non-hydrogen) atoms. The average molecular weight is 456 g/mol. The van der Waals surface area contributed by atoms with Gasteiger partial charge in [0.2, 0.25) is 6.54 Å².